The highest BCUT2D eigenvalue weighted by Gasteiger charge is 2.38. The number of hydrogen-bond donors (Lipinski definition) is 1. The van der Waals surface area contributed by atoms with Crippen molar-refractivity contribution in [1.82, 2.24) is 0 Å². The molecule has 0 fully saturated rings. The Bertz CT molecular complexity index is 185. The molecule has 12 heavy (non-hydrogen) atoms. The van der Waals surface area contributed by atoms with Gasteiger partial charge >= 0.3 is 0 Å². The van der Waals surface area contributed by atoms with E-state index in [0.717, 1.165) is 11.3 Å². The van der Waals surface area contributed by atoms with Crippen LogP contribution in [0, 0.1) is 10.8 Å². The molecule has 0 unspecified atom stereocenters. The summed E-state index contributed by atoms with van der Waals surface area (Å²) in [6.07, 6.45) is 0. The lowest BCUT2D eigenvalue weighted by Crippen LogP contribution is -2.37. The summed E-state index contributed by atoms with van der Waals surface area (Å²) in [5.74, 6) is 0. The molecule has 0 atom stereocenters. The number of rotatable bonds is 3. The van der Waals surface area contributed by atoms with Crippen molar-refractivity contribution in [3.8, 4) is 0 Å². The standard InChI is InChI=1S/C11H21N/c1-8(2)10(4,5)11(6,7)9(3)12/h1,3,12H2,2,4-7H3. The molecule has 0 amide bonds. The van der Waals surface area contributed by atoms with Crippen LogP contribution in [0.5, 0.6) is 0 Å². The first-order valence-electron chi connectivity index (χ1n) is 4.25. The maximum absolute atomic E-state index is 5.76. The first kappa shape index (κ1) is 11.3. The molecule has 0 aromatic rings. The third kappa shape index (κ3) is 1.55. The fourth-order valence-corrected chi connectivity index (χ4v) is 0.935. The van der Waals surface area contributed by atoms with Crippen LogP contribution in [-0.4, -0.2) is 0 Å². The highest BCUT2D eigenvalue weighted by molar-refractivity contribution is 5.18. The van der Waals surface area contributed by atoms with E-state index in [0.29, 0.717) is 0 Å². The Hall–Kier alpha value is -0.720. The van der Waals surface area contributed by atoms with Gasteiger partial charge in [0, 0.05) is 11.1 Å². The van der Waals surface area contributed by atoms with Crippen molar-refractivity contribution in [2.45, 2.75) is 34.6 Å². The summed E-state index contributed by atoms with van der Waals surface area (Å²) in [7, 11) is 0. The van der Waals surface area contributed by atoms with E-state index in [2.05, 4.69) is 40.9 Å². The lowest BCUT2D eigenvalue weighted by atomic mass is 9.63. The van der Waals surface area contributed by atoms with Crippen molar-refractivity contribution >= 4 is 0 Å². The van der Waals surface area contributed by atoms with Gasteiger partial charge in [0.05, 0.1) is 0 Å². The van der Waals surface area contributed by atoms with Gasteiger partial charge in [-0.2, -0.15) is 0 Å². The van der Waals surface area contributed by atoms with E-state index in [1.807, 2.05) is 6.92 Å². The largest absolute Gasteiger partial charge is 0.402 e. The third-order valence-electron chi connectivity index (χ3n) is 3.43. The average Bonchev–Trinajstić information content (AvgIpc) is 1.86. The van der Waals surface area contributed by atoms with Crippen molar-refractivity contribution in [2.24, 2.45) is 16.6 Å². The van der Waals surface area contributed by atoms with Gasteiger partial charge in [0.25, 0.3) is 0 Å². The first-order chi connectivity index (χ1) is 5.14. The van der Waals surface area contributed by atoms with Crippen molar-refractivity contribution in [3.63, 3.8) is 0 Å². The van der Waals surface area contributed by atoms with Gasteiger partial charge in [-0.15, -0.1) is 0 Å². The molecular formula is C11H21N. The molecule has 0 rings (SSSR count). The Morgan fingerprint density at radius 1 is 1.00 bits per heavy atom. The smallest absolute Gasteiger partial charge is 0.0124 e. The van der Waals surface area contributed by atoms with Crippen molar-refractivity contribution in [3.05, 3.63) is 24.4 Å². The van der Waals surface area contributed by atoms with Crippen LogP contribution in [-0.2, 0) is 0 Å². The maximum Gasteiger partial charge on any atom is 0.0124 e. The molecule has 0 saturated carbocycles. The Morgan fingerprint density at radius 3 is 1.42 bits per heavy atom. The molecule has 0 heterocycles. The Kier molecular flexibility index (Phi) is 2.79. The molecule has 2 N–H and O–H groups in total. The maximum atomic E-state index is 5.76. The molecule has 0 aliphatic rings. The second-order valence-electron chi connectivity index (χ2n) is 4.56. The summed E-state index contributed by atoms with van der Waals surface area (Å²) in [6, 6.07) is 0. The molecule has 0 saturated heterocycles. The molecule has 0 aliphatic heterocycles. The third-order valence-corrected chi connectivity index (χ3v) is 3.43. The number of hydrogen-bond acceptors (Lipinski definition) is 1. The topological polar surface area (TPSA) is 26.0 Å². The van der Waals surface area contributed by atoms with Gasteiger partial charge in [0.1, 0.15) is 0 Å². The zero-order chi connectivity index (χ0) is 10.2. The van der Waals surface area contributed by atoms with E-state index in [1.54, 1.807) is 0 Å². The molecule has 1 heteroatoms. The molecule has 0 aromatic carbocycles. The predicted molar refractivity (Wildman–Crippen MR) is 55.7 cm³/mol. The minimum atomic E-state index is -0.0984. The Balaban J connectivity index is 5.01. The summed E-state index contributed by atoms with van der Waals surface area (Å²) < 4.78 is 0. The highest BCUT2D eigenvalue weighted by Crippen LogP contribution is 2.46. The van der Waals surface area contributed by atoms with E-state index in [1.165, 1.54) is 0 Å². The fourth-order valence-electron chi connectivity index (χ4n) is 0.935. The Labute approximate surface area is 76.3 Å². The average molecular weight is 167 g/mol. The van der Waals surface area contributed by atoms with Crippen LogP contribution in [0.1, 0.15) is 34.6 Å². The summed E-state index contributed by atoms with van der Waals surface area (Å²) in [5.41, 5.74) is 7.52. The predicted octanol–water partition coefficient (Wildman–Crippen LogP) is 3.09. The SMILES string of the molecule is C=C(C)C(C)(C)C(C)(C)C(=C)N. The van der Waals surface area contributed by atoms with Gasteiger partial charge in [0.2, 0.25) is 0 Å². The highest BCUT2D eigenvalue weighted by atomic mass is 14.6. The zero-order valence-electron chi connectivity index (χ0n) is 8.99. The first-order valence-corrected chi connectivity index (χ1v) is 4.25. The normalized spacial score (nSPS) is 12.8. The van der Waals surface area contributed by atoms with Crippen LogP contribution in [0.2, 0.25) is 0 Å². The molecule has 0 aromatic heterocycles. The van der Waals surface area contributed by atoms with Crippen LogP contribution >= 0.6 is 0 Å². The van der Waals surface area contributed by atoms with Gasteiger partial charge in [-0.25, -0.2) is 0 Å². The molecule has 70 valence electrons. The summed E-state index contributed by atoms with van der Waals surface area (Å²) in [4.78, 5) is 0. The summed E-state index contributed by atoms with van der Waals surface area (Å²) in [6.45, 7) is 18.3. The lowest BCUT2D eigenvalue weighted by Gasteiger charge is -2.42. The van der Waals surface area contributed by atoms with Crippen molar-refractivity contribution in [1.29, 1.82) is 0 Å². The van der Waals surface area contributed by atoms with Crippen molar-refractivity contribution < 1.29 is 0 Å². The second kappa shape index (κ2) is 2.96. The van der Waals surface area contributed by atoms with Gasteiger partial charge in [-0.1, -0.05) is 46.4 Å². The van der Waals surface area contributed by atoms with Crippen LogP contribution in [0.25, 0.3) is 0 Å². The van der Waals surface area contributed by atoms with Gasteiger partial charge in [0.15, 0.2) is 0 Å². The fraction of sp³-hybridized carbons (Fsp3) is 0.636. The van der Waals surface area contributed by atoms with E-state index in [4.69, 9.17) is 5.73 Å². The summed E-state index contributed by atoms with van der Waals surface area (Å²) in [5, 5.41) is 0. The van der Waals surface area contributed by atoms with Crippen LogP contribution in [0.3, 0.4) is 0 Å². The zero-order valence-corrected chi connectivity index (χ0v) is 8.99. The van der Waals surface area contributed by atoms with Gasteiger partial charge in [-0.3, -0.25) is 0 Å². The molecule has 0 bridgehead atoms. The quantitative estimate of drug-likeness (QED) is 0.642. The minimum Gasteiger partial charge on any atom is -0.402 e. The monoisotopic (exact) mass is 167 g/mol. The molecule has 0 spiro atoms. The van der Waals surface area contributed by atoms with Gasteiger partial charge < -0.3 is 5.73 Å². The van der Waals surface area contributed by atoms with Crippen molar-refractivity contribution in [2.75, 3.05) is 0 Å². The minimum absolute atomic E-state index is 0.00116. The van der Waals surface area contributed by atoms with Crippen LogP contribution in [0.4, 0.5) is 0 Å². The Morgan fingerprint density at radius 2 is 1.33 bits per heavy atom. The van der Waals surface area contributed by atoms with Crippen LogP contribution < -0.4 is 5.73 Å². The summed E-state index contributed by atoms with van der Waals surface area (Å²) >= 11 is 0. The second-order valence-corrected chi connectivity index (χ2v) is 4.56. The van der Waals surface area contributed by atoms with E-state index in [9.17, 15) is 0 Å². The number of allylic oxidation sites excluding steroid dienone is 2. The molecule has 1 nitrogen and oxygen atoms in total. The van der Waals surface area contributed by atoms with E-state index < -0.39 is 0 Å². The van der Waals surface area contributed by atoms with Crippen LogP contribution in [0.15, 0.2) is 24.4 Å². The van der Waals surface area contributed by atoms with E-state index in [-0.39, 0.29) is 10.8 Å². The van der Waals surface area contributed by atoms with Gasteiger partial charge in [-0.05, 0) is 12.3 Å². The molecule has 0 radical (unpaired) electrons. The molecular weight excluding hydrogens is 146 g/mol. The number of nitrogens with two attached hydrogens (primary N) is 1. The lowest BCUT2D eigenvalue weighted by molar-refractivity contribution is 0.198. The van der Waals surface area contributed by atoms with E-state index >= 15 is 0 Å². The molecule has 0 aliphatic carbocycles.